The molecule has 95 heavy (non-hydrogen) atoms. The minimum atomic E-state index is -4.96. The number of esters is 4. The molecule has 0 aliphatic carbocycles. The molecule has 0 aromatic carbocycles. The topological polar surface area (TPSA) is 237 Å². The summed E-state index contributed by atoms with van der Waals surface area (Å²) in [5.74, 6) is 0.919. The summed E-state index contributed by atoms with van der Waals surface area (Å²) >= 11 is 0. The first kappa shape index (κ1) is 93.1. The van der Waals surface area contributed by atoms with Gasteiger partial charge in [0.05, 0.1) is 26.4 Å². The van der Waals surface area contributed by atoms with Crippen molar-refractivity contribution in [1.82, 2.24) is 0 Å². The summed E-state index contributed by atoms with van der Waals surface area (Å²) in [6.07, 6.45) is 50.1. The highest BCUT2D eigenvalue weighted by Gasteiger charge is 2.30. The van der Waals surface area contributed by atoms with Crippen LogP contribution in [0.2, 0.25) is 0 Å². The van der Waals surface area contributed by atoms with E-state index in [1.165, 1.54) is 180 Å². The number of hydrogen-bond donors (Lipinski definition) is 3. The van der Waals surface area contributed by atoms with E-state index in [4.69, 9.17) is 37.0 Å². The van der Waals surface area contributed by atoms with Crippen molar-refractivity contribution in [2.24, 2.45) is 23.7 Å². The number of unbranched alkanes of at least 4 members (excludes halogenated alkanes) is 38. The van der Waals surface area contributed by atoms with Gasteiger partial charge in [0.15, 0.2) is 12.2 Å². The van der Waals surface area contributed by atoms with Gasteiger partial charge in [0.25, 0.3) is 0 Å². The highest BCUT2D eigenvalue weighted by atomic mass is 31.2. The minimum absolute atomic E-state index is 0.103. The van der Waals surface area contributed by atoms with Crippen molar-refractivity contribution >= 4 is 39.5 Å². The zero-order valence-electron chi connectivity index (χ0n) is 62.3. The molecular formula is C76H148O17P2. The number of ether oxygens (including phenoxy) is 4. The van der Waals surface area contributed by atoms with Crippen LogP contribution in [0.4, 0.5) is 0 Å². The Labute approximate surface area is 581 Å². The van der Waals surface area contributed by atoms with E-state index in [1.54, 1.807) is 0 Å². The summed E-state index contributed by atoms with van der Waals surface area (Å²) in [5.41, 5.74) is 0. The number of aliphatic hydroxyl groups is 1. The van der Waals surface area contributed by atoms with Gasteiger partial charge in [0.2, 0.25) is 0 Å². The molecule has 0 heterocycles. The van der Waals surface area contributed by atoms with Crippen LogP contribution in [0.15, 0.2) is 0 Å². The number of carbonyl (C=O) groups is 4. The number of hydrogen-bond acceptors (Lipinski definition) is 15. The van der Waals surface area contributed by atoms with E-state index in [2.05, 4.69) is 55.4 Å². The average molecular weight is 1400 g/mol. The Morgan fingerprint density at radius 1 is 0.295 bits per heavy atom. The highest BCUT2D eigenvalue weighted by molar-refractivity contribution is 7.47. The maximum atomic E-state index is 13.1. The van der Waals surface area contributed by atoms with Gasteiger partial charge in [-0.1, -0.05) is 331 Å². The third-order valence-corrected chi connectivity index (χ3v) is 19.8. The Kier molecular flexibility index (Phi) is 64.0. The molecule has 0 aromatic heterocycles. The van der Waals surface area contributed by atoms with Crippen LogP contribution < -0.4 is 0 Å². The molecule has 0 spiro atoms. The molecule has 0 amide bonds. The van der Waals surface area contributed by atoms with Gasteiger partial charge in [0.1, 0.15) is 19.3 Å². The monoisotopic (exact) mass is 1400 g/mol. The van der Waals surface area contributed by atoms with Gasteiger partial charge in [-0.25, -0.2) is 9.13 Å². The first-order chi connectivity index (χ1) is 45.6. The SMILES string of the molecule is CCC(C)CCCCCCCCCCCCCCCCC(=O)O[C@H](COC(=O)CCCCCCCCCCCCCCCCC(C)C)COP(=O)(O)OC[C@@H](O)COP(=O)(O)OC[C@@H](COC(=O)CCCCCCCCC(C)C)OC(=O)CCCCCCCCCCC(C)C. The standard InChI is InChI=1S/C76H148O17P2/c1-9-69(8)55-47-39-30-23-19-15-11-13-17-21-25-32-42-50-58-75(80)92-71(62-86-73(78)56-48-40-31-24-20-16-12-10-14-18-22-28-36-44-52-66(2)3)64-90-94(82,83)88-60-70(77)61-89-95(84,85)91-65-72(63-87-74(79)57-49-41-35-34-38-46-54-68(6)7)93-76(81)59-51-43-33-27-26-29-37-45-53-67(4)5/h66-72,77H,9-65H2,1-8H3,(H,82,83)(H,84,85)/t69?,70-,71-,72-/m1/s1. The van der Waals surface area contributed by atoms with Crippen LogP contribution in [0, 0.1) is 23.7 Å². The van der Waals surface area contributed by atoms with E-state index in [-0.39, 0.29) is 25.7 Å². The molecule has 0 saturated heterocycles. The third-order valence-electron chi connectivity index (χ3n) is 17.9. The van der Waals surface area contributed by atoms with Gasteiger partial charge >= 0.3 is 39.5 Å². The summed E-state index contributed by atoms with van der Waals surface area (Å²) in [4.78, 5) is 72.7. The zero-order chi connectivity index (χ0) is 70.3. The molecule has 6 atom stereocenters. The molecule has 19 heteroatoms. The molecule has 0 aliphatic rings. The number of carbonyl (C=O) groups excluding carboxylic acids is 4. The normalized spacial score (nSPS) is 14.4. The van der Waals surface area contributed by atoms with Gasteiger partial charge in [0, 0.05) is 25.7 Å². The second kappa shape index (κ2) is 65.4. The van der Waals surface area contributed by atoms with Crippen LogP contribution in [-0.2, 0) is 65.4 Å². The molecule has 0 radical (unpaired) electrons. The van der Waals surface area contributed by atoms with E-state index in [0.29, 0.717) is 31.6 Å². The summed E-state index contributed by atoms with van der Waals surface area (Å²) < 4.78 is 68.5. The van der Waals surface area contributed by atoms with Gasteiger partial charge in [-0.3, -0.25) is 37.3 Å². The summed E-state index contributed by atoms with van der Waals surface area (Å²) in [6, 6.07) is 0. The van der Waals surface area contributed by atoms with E-state index >= 15 is 0 Å². The van der Waals surface area contributed by atoms with Crippen LogP contribution in [0.3, 0.4) is 0 Å². The second-order valence-electron chi connectivity index (χ2n) is 29.1. The molecule has 0 fully saturated rings. The van der Waals surface area contributed by atoms with Crippen LogP contribution in [0.1, 0.15) is 383 Å². The molecule has 17 nitrogen and oxygen atoms in total. The quantitative estimate of drug-likeness (QED) is 0.0222. The fourth-order valence-corrected chi connectivity index (χ4v) is 13.1. The van der Waals surface area contributed by atoms with Crippen LogP contribution >= 0.6 is 15.6 Å². The first-order valence-corrected chi connectivity index (χ1v) is 42.2. The summed E-state index contributed by atoms with van der Waals surface area (Å²) in [6.45, 7) is 14.2. The number of phosphoric acid groups is 2. The molecule has 0 aromatic rings. The molecule has 0 bridgehead atoms. The summed E-state index contributed by atoms with van der Waals surface area (Å²) in [7, 11) is -9.91. The van der Waals surface area contributed by atoms with Gasteiger partial charge < -0.3 is 33.8 Å². The van der Waals surface area contributed by atoms with Crippen molar-refractivity contribution < 1.29 is 80.2 Å². The van der Waals surface area contributed by atoms with Crippen molar-refractivity contribution in [1.29, 1.82) is 0 Å². The Bertz CT molecular complexity index is 1870. The highest BCUT2D eigenvalue weighted by Crippen LogP contribution is 2.45. The van der Waals surface area contributed by atoms with Crippen LogP contribution in [-0.4, -0.2) is 96.7 Å². The molecular weight excluding hydrogens is 1250 g/mol. The Morgan fingerprint density at radius 2 is 0.505 bits per heavy atom. The second-order valence-corrected chi connectivity index (χ2v) is 32.0. The smallest absolute Gasteiger partial charge is 0.462 e. The lowest BCUT2D eigenvalue weighted by Gasteiger charge is -2.21. The van der Waals surface area contributed by atoms with Crippen molar-refractivity contribution in [3.05, 3.63) is 0 Å². The lowest BCUT2D eigenvalue weighted by molar-refractivity contribution is -0.161. The van der Waals surface area contributed by atoms with Crippen molar-refractivity contribution in [2.75, 3.05) is 39.6 Å². The minimum Gasteiger partial charge on any atom is -0.462 e. The molecule has 3 unspecified atom stereocenters. The Balaban J connectivity index is 5.23. The molecule has 0 rings (SSSR count). The lowest BCUT2D eigenvalue weighted by atomic mass is 9.99. The number of phosphoric ester groups is 2. The number of rotatable bonds is 73. The largest absolute Gasteiger partial charge is 0.472 e. The maximum Gasteiger partial charge on any atom is 0.472 e. The van der Waals surface area contributed by atoms with E-state index in [9.17, 15) is 43.2 Å². The predicted octanol–water partition coefficient (Wildman–Crippen LogP) is 22.0. The average Bonchev–Trinajstić information content (AvgIpc) is 3.01. The number of aliphatic hydroxyl groups excluding tert-OH is 1. The molecule has 564 valence electrons. The summed E-state index contributed by atoms with van der Waals surface area (Å²) in [5, 5.41) is 10.6. The third kappa shape index (κ3) is 69.0. The van der Waals surface area contributed by atoms with Crippen molar-refractivity contribution in [3.63, 3.8) is 0 Å². The Hall–Kier alpha value is -1.94. The maximum absolute atomic E-state index is 13.1. The van der Waals surface area contributed by atoms with Crippen LogP contribution in [0.25, 0.3) is 0 Å². The van der Waals surface area contributed by atoms with E-state index in [0.717, 1.165) is 114 Å². The predicted molar refractivity (Wildman–Crippen MR) is 386 cm³/mol. The van der Waals surface area contributed by atoms with Crippen LogP contribution in [0.5, 0.6) is 0 Å². The fraction of sp³-hybridized carbons (Fsp3) is 0.947. The fourth-order valence-electron chi connectivity index (χ4n) is 11.5. The van der Waals surface area contributed by atoms with Crippen molar-refractivity contribution in [3.8, 4) is 0 Å². The lowest BCUT2D eigenvalue weighted by Crippen LogP contribution is -2.30. The first-order valence-electron chi connectivity index (χ1n) is 39.2. The van der Waals surface area contributed by atoms with E-state index in [1.807, 2.05) is 0 Å². The Morgan fingerprint density at radius 3 is 0.747 bits per heavy atom. The van der Waals surface area contributed by atoms with Crippen molar-refractivity contribution in [2.45, 2.75) is 401 Å². The van der Waals surface area contributed by atoms with Gasteiger partial charge in [-0.2, -0.15) is 0 Å². The van der Waals surface area contributed by atoms with E-state index < -0.39 is 97.5 Å². The molecule has 0 aliphatic heterocycles. The molecule has 0 saturated carbocycles. The zero-order valence-corrected chi connectivity index (χ0v) is 64.1. The van der Waals surface area contributed by atoms with Gasteiger partial charge in [-0.05, 0) is 49.4 Å². The molecule has 3 N–H and O–H groups in total. The van der Waals surface area contributed by atoms with Gasteiger partial charge in [-0.15, -0.1) is 0 Å².